The number of benzene rings is 1. The Morgan fingerprint density at radius 3 is 2.43 bits per heavy atom. The molecular formula is C13H18O. The smallest absolute Gasteiger partial charge is 0.113 e. The van der Waals surface area contributed by atoms with Crippen LogP contribution in [0.15, 0.2) is 36.6 Å². The lowest BCUT2D eigenvalue weighted by atomic mass is 10.1. The van der Waals surface area contributed by atoms with Gasteiger partial charge in [-0.2, -0.15) is 0 Å². The van der Waals surface area contributed by atoms with Crippen LogP contribution in [-0.4, -0.2) is 0 Å². The highest BCUT2D eigenvalue weighted by molar-refractivity contribution is 5.26. The topological polar surface area (TPSA) is 9.23 Å². The van der Waals surface area contributed by atoms with E-state index in [9.17, 15) is 0 Å². The molecule has 1 heteroatoms. The van der Waals surface area contributed by atoms with Crippen LogP contribution in [-0.2, 0) is 17.8 Å². The predicted octanol–water partition coefficient (Wildman–Crippen LogP) is 3.69. The summed E-state index contributed by atoms with van der Waals surface area (Å²) in [5.41, 5.74) is 2.63. The summed E-state index contributed by atoms with van der Waals surface area (Å²) in [6, 6.07) is 8.37. The fraction of sp³-hybridized carbons (Fsp3) is 0.385. The van der Waals surface area contributed by atoms with Crippen LogP contribution >= 0.6 is 0 Å². The quantitative estimate of drug-likeness (QED) is 0.643. The van der Waals surface area contributed by atoms with E-state index in [0.29, 0.717) is 6.61 Å². The Kier molecular flexibility index (Phi) is 4.24. The number of aryl methyl sites for hydroxylation is 1. The zero-order valence-corrected chi connectivity index (χ0v) is 9.05. The summed E-state index contributed by atoms with van der Waals surface area (Å²) >= 11 is 0. The van der Waals surface area contributed by atoms with E-state index in [2.05, 4.69) is 31.7 Å². The van der Waals surface area contributed by atoms with Gasteiger partial charge in [0.05, 0.1) is 5.76 Å². The lowest BCUT2D eigenvalue weighted by Gasteiger charge is -2.10. The number of allylic oxidation sites excluding steroid dienone is 1. The van der Waals surface area contributed by atoms with Crippen molar-refractivity contribution in [1.29, 1.82) is 0 Å². The van der Waals surface area contributed by atoms with Crippen molar-refractivity contribution in [3.8, 4) is 0 Å². The van der Waals surface area contributed by atoms with Gasteiger partial charge in [0, 0.05) is 6.42 Å². The van der Waals surface area contributed by atoms with Crippen molar-refractivity contribution < 1.29 is 4.74 Å². The van der Waals surface area contributed by atoms with Crippen molar-refractivity contribution in [3.63, 3.8) is 0 Å². The standard InChI is InChI=1S/C13H18O/c1-4-11(3)14-10-13-9-7-6-8-12(13)5-2/h6-9H,3-5,10H2,1-2H3. The first-order chi connectivity index (χ1) is 6.77. The van der Waals surface area contributed by atoms with Crippen LogP contribution in [0.3, 0.4) is 0 Å². The van der Waals surface area contributed by atoms with Crippen molar-refractivity contribution in [2.45, 2.75) is 33.3 Å². The number of rotatable bonds is 5. The average molecular weight is 190 g/mol. The molecule has 0 amide bonds. The number of hydrogen-bond donors (Lipinski definition) is 0. The predicted molar refractivity (Wildman–Crippen MR) is 60.0 cm³/mol. The monoisotopic (exact) mass is 190 g/mol. The van der Waals surface area contributed by atoms with Crippen molar-refractivity contribution in [2.75, 3.05) is 0 Å². The summed E-state index contributed by atoms with van der Waals surface area (Å²) in [6.07, 6.45) is 1.94. The van der Waals surface area contributed by atoms with Gasteiger partial charge in [-0.3, -0.25) is 0 Å². The summed E-state index contributed by atoms with van der Waals surface area (Å²) in [4.78, 5) is 0. The van der Waals surface area contributed by atoms with Crippen LogP contribution < -0.4 is 0 Å². The fourth-order valence-corrected chi connectivity index (χ4v) is 1.33. The molecule has 0 bridgehead atoms. The molecule has 1 aromatic rings. The van der Waals surface area contributed by atoms with Crippen molar-refractivity contribution in [3.05, 3.63) is 47.7 Å². The van der Waals surface area contributed by atoms with Crippen LogP contribution in [0, 0.1) is 0 Å². The van der Waals surface area contributed by atoms with Gasteiger partial charge in [0.25, 0.3) is 0 Å². The van der Waals surface area contributed by atoms with E-state index in [1.165, 1.54) is 11.1 Å². The minimum Gasteiger partial charge on any atom is -0.494 e. The molecule has 14 heavy (non-hydrogen) atoms. The summed E-state index contributed by atoms with van der Waals surface area (Å²) < 4.78 is 5.53. The van der Waals surface area contributed by atoms with Gasteiger partial charge in [0.1, 0.15) is 6.61 Å². The van der Waals surface area contributed by atoms with Gasteiger partial charge >= 0.3 is 0 Å². The van der Waals surface area contributed by atoms with Crippen LogP contribution in [0.5, 0.6) is 0 Å². The summed E-state index contributed by atoms with van der Waals surface area (Å²) in [6.45, 7) is 8.68. The molecule has 0 aliphatic rings. The Hall–Kier alpha value is -1.24. The van der Waals surface area contributed by atoms with Gasteiger partial charge in [-0.1, -0.05) is 44.7 Å². The molecule has 1 nitrogen and oxygen atoms in total. The molecule has 0 aliphatic heterocycles. The molecule has 0 aromatic heterocycles. The first-order valence-electron chi connectivity index (χ1n) is 5.15. The molecule has 0 fully saturated rings. The van der Waals surface area contributed by atoms with E-state index in [1.54, 1.807) is 0 Å². The van der Waals surface area contributed by atoms with E-state index in [1.807, 2.05) is 13.0 Å². The zero-order valence-electron chi connectivity index (χ0n) is 9.05. The molecule has 0 saturated carbocycles. The molecule has 0 radical (unpaired) electrons. The highest BCUT2D eigenvalue weighted by Gasteiger charge is 2.00. The Labute approximate surface area is 86.4 Å². The van der Waals surface area contributed by atoms with E-state index in [0.717, 1.165) is 18.6 Å². The minimum atomic E-state index is 0.649. The normalized spacial score (nSPS) is 9.86. The Bertz CT molecular complexity index is 302. The van der Waals surface area contributed by atoms with Gasteiger partial charge in [-0.15, -0.1) is 0 Å². The van der Waals surface area contributed by atoms with E-state index in [-0.39, 0.29) is 0 Å². The molecule has 0 unspecified atom stereocenters. The molecule has 1 aromatic carbocycles. The lowest BCUT2D eigenvalue weighted by molar-refractivity contribution is 0.192. The summed E-state index contributed by atoms with van der Waals surface area (Å²) in [5.74, 6) is 0.857. The molecule has 0 heterocycles. The second kappa shape index (κ2) is 5.48. The van der Waals surface area contributed by atoms with Gasteiger partial charge in [0.15, 0.2) is 0 Å². The number of ether oxygens (including phenoxy) is 1. The molecule has 0 aliphatic carbocycles. The van der Waals surface area contributed by atoms with Crippen LogP contribution in [0.1, 0.15) is 31.4 Å². The SMILES string of the molecule is C=C(CC)OCc1ccccc1CC. The lowest BCUT2D eigenvalue weighted by Crippen LogP contribution is -1.96. The number of hydrogen-bond acceptors (Lipinski definition) is 1. The van der Waals surface area contributed by atoms with Gasteiger partial charge in [-0.25, -0.2) is 0 Å². The first kappa shape index (κ1) is 10.8. The largest absolute Gasteiger partial charge is 0.494 e. The second-order valence-corrected chi connectivity index (χ2v) is 3.30. The van der Waals surface area contributed by atoms with Crippen LogP contribution in [0.25, 0.3) is 0 Å². The first-order valence-corrected chi connectivity index (χ1v) is 5.15. The van der Waals surface area contributed by atoms with Crippen LogP contribution in [0.4, 0.5) is 0 Å². The maximum absolute atomic E-state index is 5.53. The third-order valence-electron chi connectivity index (χ3n) is 2.33. The molecule has 0 atom stereocenters. The molecule has 76 valence electrons. The van der Waals surface area contributed by atoms with Crippen molar-refractivity contribution >= 4 is 0 Å². The third-order valence-corrected chi connectivity index (χ3v) is 2.33. The second-order valence-electron chi connectivity index (χ2n) is 3.30. The van der Waals surface area contributed by atoms with Crippen LogP contribution in [0.2, 0.25) is 0 Å². The molecule has 1 rings (SSSR count). The fourth-order valence-electron chi connectivity index (χ4n) is 1.33. The van der Waals surface area contributed by atoms with Crippen molar-refractivity contribution in [1.82, 2.24) is 0 Å². The van der Waals surface area contributed by atoms with E-state index < -0.39 is 0 Å². The van der Waals surface area contributed by atoms with Gasteiger partial charge in [0.2, 0.25) is 0 Å². The highest BCUT2D eigenvalue weighted by atomic mass is 16.5. The van der Waals surface area contributed by atoms with Gasteiger partial charge in [-0.05, 0) is 17.5 Å². The molecule has 0 saturated heterocycles. The molecule has 0 N–H and O–H groups in total. The van der Waals surface area contributed by atoms with Crippen molar-refractivity contribution in [2.24, 2.45) is 0 Å². The maximum atomic E-state index is 5.53. The van der Waals surface area contributed by atoms with E-state index in [4.69, 9.17) is 4.74 Å². The van der Waals surface area contributed by atoms with E-state index >= 15 is 0 Å². The third kappa shape index (κ3) is 2.91. The summed E-state index contributed by atoms with van der Waals surface area (Å²) in [7, 11) is 0. The Balaban J connectivity index is 2.61. The molecular weight excluding hydrogens is 172 g/mol. The Morgan fingerprint density at radius 2 is 1.86 bits per heavy atom. The van der Waals surface area contributed by atoms with Gasteiger partial charge < -0.3 is 4.74 Å². The average Bonchev–Trinajstić information content (AvgIpc) is 2.26. The Morgan fingerprint density at radius 1 is 1.21 bits per heavy atom. The zero-order chi connectivity index (χ0) is 10.4. The maximum Gasteiger partial charge on any atom is 0.113 e. The summed E-state index contributed by atoms with van der Waals surface area (Å²) in [5, 5.41) is 0. The molecule has 0 spiro atoms. The highest BCUT2D eigenvalue weighted by Crippen LogP contribution is 2.12. The minimum absolute atomic E-state index is 0.649.